The zero-order chi connectivity index (χ0) is 18.7. The van der Waals surface area contributed by atoms with Crippen molar-refractivity contribution in [2.75, 3.05) is 7.11 Å². The van der Waals surface area contributed by atoms with Gasteiger partial charge < -0.3 is 13.9 Å². The highest BCUT2D eigenvalue weighted by atomic mass is 35.5. The van der Waals surface area contributed by atoms with Gasteiger partial charge in [-0.25, -0.2) is 4.79 Å². The van der Waals surface area contributed by atoms with E-state index < -0.39 is 12.1 Å². The van der Waals surface area contributed by atoms with E-state index >= 15 is 0 Å². The number of carbonyl (C=O) groups is 1. The molecule has 0 unspecified atom stereocenters. The topological polar surface area (TPSA) is 65.7 Å². The van der Waals surface area contributed by atoms with E-state index in [-0.39, 0.29) is 5.43 Å². The Bertz CT molecular complexity index is 991. The number of esters is 1. The Morgan fingerprint density at radius 3 is 2.54 bits per heavy atom. The molecule has 1 aromatic heterocycles. The van der Waals surface area contributed by atoms with Gasteiger partial charge in [0.2, 0.25) is 0 Å². The molecule has 0 saturated carbocycles. The summed E-state index contributed by atoms with van der Waals surface area (Å²) in [7, 11) is 1.31. The SMILES string of the molecule is CC[C@@H](Oc1ccc2oc(-c3ccc(Cl)cc3)cc(=O)c2c1)C(=O)OC. The third-order valence-electron chi connectivity index (χ3n) is 3.94. The Balaban J connectivity index is 1.97. The van der Waals surface area contributed by atoms with Gasteiger partial charge in [-0.1, -0.05) is 18.5 Å². The number of hydrogen-bond donors (Lipinski definition) is 0. The van der Waals surface area contributed by atoms with E-state index in [0.717, 1.165) is 5.56 Å². The molecule has 3 aromatic rings. The molecule has 0 bridgehead atoms. The Labute approximate surface area is 155 Å². The summed E-state index contributed by atoms with van der Waals surface area (Å²) in [6.45, 7) is 1.81. The second-order valence-corrected chi connectivity index (χ2v) is 6.11. The van der Waals surface area contributed by atoms with Crippen molar-refractivity contribution in [1.29, 1.82) is 0 Å². The molecule has 0 amide bonds. The van der Waals surface area contributed by atoms with Crippen LogP contribution in [-0.2, 0) is 9.53 Å². The van der Waals surface area contributed by atoms with Crippen LogP contribution in [0.4, 0.5) is 0 Å². The highest BCUT2D eigenvalue weighted by Crippen LogP contribution is 2.26. The molecule has 0 radical (unpaired) electrons. The minimum Gasteiger partial charge on any atom is -0.479 e. The highest BCUT2D eigenvalue weighted by Gasteiger charge is 2.19. The molecule has 1 heterocycles. The van der Waals surface area contributed by atoms with Crippen molar-refractivity contribution in [2.45, 2.75) is 19.4 Å². The monoisotopic (exact) mass is 372 g/mol. The van der Waals surface area contributed by atoms with E-state index in [9.17, 15) is 9.59 Å². The number of methoxy groups -OCH3 is 1. The normalized spacial score (nSPS) is 12.0. The lowest BCUT2D eigenvalue weighted by atomic mass is 10.1. The van der Waals surface area contributed by atoms with E-state index in [4.69, 9.17) is 25.5 Å². The predicted octanol–water partition coefficient (Wildman–Crippen LogP) is 4.44. The lowest BCUT2D eigenvalue weighted by molar-refractivity contribution is -0.148. The van der Waals surface area contributed by atoms with E-state index in [2.05, 4.69) is 0 Å². The van der Waals surface area contributed by atoms with Crippen LogP contribution in [0, 0.1) is 0 Å². The van der Waals surface area contributed by atoms with Crippen molar-refractivity contribution in [3.05, 3.63) is 63.8 Å². The van der Waals surface area contributed by atoms with E-state index in [1.54, 1.807) is 42.5 Å². The number of carbonyl (C=O) groups excluding carboxylic acids is 1. The molecule has 0 saturated heterocycles. The number of benzene rings is 2. The van der Waals surface area contributed by atoms with E-state index in [1.165, 1.54) is 13.2 Å². The van der Waals surface area contributed by atoms with Gasteiger partial charge in [0.25, 0.3) is 0 Å². The Hall–Kier alpha value is -2.79. The minimum absolute atomic E-state index is 0.201. The summed E-state index contributed by atoms with van der Waals surface area (Å²) in [5.74, 6) is 0.396. The van der Waals surface area contributed by atoms with Gasteiger partial charge in [0.1, 0.15) is 17.1 Å². The average Bonchev–Trinajstić information content (AvgIpc) is 2.66. The maximum Gasteiger partial charge on any atom is 0.347 e. The van der Waals surface area contributed by atoms with Gasteiger partial charge in [-0.15, -0.1) is 0 Å². The molecule has 0 fully saturated rings. The lowest BCUT2D eigenvalue weighted by Crippen LogP contribution is -2.27. The summed E-state index contributed by atoms with van der Waals surface area (Å²) in [5, 5.41) is 0.981. The van der Waals surface area contributed by atoms with Crippen molar-refractivity contribution in [2.24, 2.45) is 0 Å². The maximum absolute atomic E-state index is 12.5. The number of fused-ring (bicyclic) bond motifs is 1. The van der Waals surface area contributed by atoms with Gasteiger partial charge in [-0.2, -0.15) is 0 Å². The van der Waals surface area contributed by atoms with Gasteiger partial charge in [-0.05, 0) is 48.9 Å². The van der Waals surface area contributed by atoms with Gasteiger partial charge in [-0.3, -0.25) is 4.79 Å². The van der Waals surface area contributed by atoms with Crippen molar-refractivity contribution in [3.8, 4) is 17.1 Å². The van der Waals surface area contributed by atoms with Gasteiger partial charge in [0.15, 0.2) is 11.5 Å². The molecule has 0 aliphatic rings. The lowest BCUT2D eigenvalue weighted by Gasteiger charge is -2.15. The number of hydrogen-bond acceptors (Lipinski definition) is 5. The Kier molecular flexibility index (Phi) is 5.28. The third kappa shape index (κ3) is 3.73. The van der Waals surface area contributed by atoms with Crippen LogP contribution in [0.25, 0.3) is 22.3 Å². The highest BCUT2D eigenvalue weighted by molar-refractivity contribution is 6.30. The molecule has 1 atom stereocenters. The molecule has 0 aliphatic carbocycles. The number of rotatable bonds is 5. The molecule has 134 valence electrons. The summed E-state index contributed by atoms with van der Waals surface area (Å²) in [4.78, 5) is 24.2. The van der Waals surface area contributed by atoms with E-state index in [1.807, 2.05) is 6.92 Å². The third-order valence-corrected chi connectivity index (χ3v) is 4.19. The molecule has 6 heteroatoms. The summed E-state index contributed by atoms with van der Waals surface area (Å²) in [5.41, 5.74) is 0.985. The quantitative estimate of drug-likeness (QED) is 0.619. The van der Waals surface area contributed by atoms with Crippen LogP contribution in [0.3, 0.4) is 0 Å². The fraction of sp³-hybridized carbons (Fsp3) is 0.200. The van der Waals surface area contributed by atoms with Crippen molar-refractivity contribution in [3.63, 3.8) is 0 Å². The fourth-order valence-electron chi connectivity index (χ4n) is 2.56. The second-order valence-electron chi connectivity index (χ2n) is 5.68. The zero-order valence-corrected chi connectivity index (χ0v) is 15.1. The summed E-state index contributed by atoms with van der Waals surface area (Å²) in [6.07, 6.45) is -0.271. The molecule has 26 heavy (non-hydrogen) atoms. The number of halogens is 1. The van der Waals surface area contributed by atoms with Crippen molar-refractivity contribution in [1.82, 2.24) is 0 Å². The van der Waals surface area contributed by atoms with Crippen LogP contribution in [0.5, 0.6) is 5.75 Å². The first-order valence-electron chi connectivity index (χ1n) is 8.10. The van der Waals surface area contributed by atoms with Crippen molar-refractivity contribution < 1.29 is 18.7 Å². The van der Waals surface area contributed by atoms with Crippen LogP contribution in [-0.4, -0.2) is 19.2 Å². The minimum atomic E-state index is -0.724. The first kappa shape index (κ1) is 18.0. The van der Waals surface area contributed by atoms with Crippen LogP contribution in [0.15, 0.2) is 57.7 Å². The molecule has 5 nitrogen and oxygen atoms in total. The van der Waals surface area contributed by atoms with Crippen LogP contribution >= 0.6 is 11.6 Å². The van der Waals surface area contributed by atoms with Crippen LogP contribution < -0.4 is 10.2 Å². The Morgan fingerprint density at radius 2 is 1.88 bits per heavy atom. The first-order valence-corrected chi connectivity index (χ1v) is 8.48. The van der Waals surface area contributed by atoms with Gasteiger partial charge >= 0.3 is 5.97 Å². The molecule has 0 aliphatic heterocycles. The summed E-state index contributed by atoms with van der Waals surface area (Å²) >= 11 is 5.89. The molecule has 0 N–H and O–H groups in total. The fourth-order valence-corrected chi connectivity index (χ4v) is 2.68. The summed E-state index contributed by atoms with van der Waals surface area (Å²) in [6, 6.07) is 13.3. The van der Waals surface area contributed by atoms with Crippen LogP contribution in [0.2, 0.25) is 5.02 Å². The van der Waals surface area contributed by atoms with Crippen LogP contribution in [0.1, 0.15) is 13.3 Å². The Morgan fingerprint density at radius 1 is 1.15 bits per heavy atom. The molecule has 3 rings (SSSR count). The van der Waals surface area contributed by atoms with Gasteiger partial charge in [0, 0.05) is 16.7 Å². The largest absolute Gasteiger partial charge is 0.479 e. The zero-order valence-electron chi connectivity index (χ0n) is 14.3. The molecular weight excluding hydrogens is 356 g/mol. The van der Waals surface area contributed by atoms with E-state index in [0.29, 0.717) is 33.9 Å². The standard InChI is InChI=1S/C20H17ClO5/c1-3-17(20(23)24-2)25-14-8-9-18-15(10-14)16(22)11-19(26-18)12-4-6-13(21)7-5-12/h4-11,17H,3H2,1-2H3/t17-/m1/s1. The summed E-state index contributed by atoms with van der Waals surface area (Å²) < 4.78 is 16.2. The first-order chi connectivity index (χ1) is 12.5. The molecule has 0 spiro atoms. The predicted molar refractivity (Wildman–Crippen MR) is 99.7 cm³/mol. The second kappa shape index (κ2) is 7.62. The average molecular weight is 373 g/mol. The molecular formula is C20H17ClO5. The van der Waals surface area contributed by atoms with Crippen molar-refractivity contribution >= 4 is 28.5 Å². The van der Waals surface area contributed by atoms with Gasteiger partial charge in [0.05, 0.1) is 12.5 Å². The smallest absolute Gasteiger partial charge is 0.347 e. The molecule has 2 aromatic carbocycles. The maximum atomic E-state index is 12.5. The number of ether oxygens (including phenoxy) is 2.